The number of fused-ring (bicyclic) bond motifs is 2. The van der Waals surface area contributed by atoms with Gasteiger partial charge in [0.25, 0.3) is 0 Å². The zero-order chi connectivity index (χ0) is 24.2. The minimum absolute atomic E-state index is 0.0742. The number of hydrogen-bond acceptors (Lipinski definition) is 6. The lowest BCUT2D eigenvalue weighted by Gasteiger charge is -2.38. The molecule has 3 N–H and O–H groups in total. The Balaban J connectivity index is 1.29. The monoisotopic (exact) mass is 487 g/mol. The summed E-state index contributed by atoms with van der Waals surface area (Å²) < 4.78 is 13.5. The molecule has 1 aromatic rings. The minimum atomic E-state index is -1.00. The Bertz CT molecular complexity index is 1080. The van der Waals surface area contributed by atoms with Crippen molar-refractivity contribution >= 4 is 29.4 Å². The number of ketones is 1. The highest BCUT2D eigenvalue weighted by molar-refractivity contribution is 8.07. The maximum atomic E-state index is 14.4. The van der Waals surface area contributed by atoms with Crippen LogP contribution in [-0.2, 0) is 11.2 Å². The molecule has 0 aromatic heterocycles. The van der Waals surface area contributed by atoms with Crippen molar-refractivity contribution in [1.29, 1.82) is 0 Å². The topological polar surface area (TPSA) is 102 Å². The van der Waals surface area contributed by atoms with E-state index >= 15 is 0 Å². The Morgan fingerprint density at radius 3 is 2.68 bits per heavy atom. The summed E-state index contributed by atoms with van der Waals surface area (Å²) in [5.74, 6) is 0.0338. The molecule has 2 amide bonds. The molecule has 4 atom stereocenters. The minimum Gasteiger partial charge on any atom is -0.389 e. The standard InChI is InChI=1S/C25H30FN3O4S/c1-13-3-6-16(7-4-13)29(10-9-15-5-8-17(14(2)30)18(26)11-15)24(33)28-23-20-19(12-27-23)34-25(20)21(31)22(25)32/h5,8,11-14,16,20-21,30-31H,3-4,6-7,9-10H2,1-2H3,(H,27,28,33)/t13-,14?,16-,20?,21?,25?. The van der Waals surface area contributed by atoms with Gasteiger partial charge < -0.3 is 15.1 Å². The lowest BCUT2D eigenvalue weighted by molar-refractivity contribution is -0.113. The SMILES string of the molecule is CC(O)c1ccc(CCN(C(=O)NC2=NC=C3SC4(C(=O)C4O)C32)[C@H]2CC[C@H](C)CC2)cc1F. The second kappa shape index (κ2) is 8.77. The summed E-state index contributed by atoms with van der Waals surface area (Å²) in [6.45, 7) is 4.16. The number of aliphatic imine (C=N–C) groups is 1. The number of hydrogen-bond donors (Lipinski definition) is 3. The van der Waals surface area contributed by atoms with Gasteiger partial charge in [-0.15, -0.1) is 11.8 Å². The summed E-state index contributed by atoms with van der Waals surface area (Å²) in [4.78, 5) is 32.5. The van der Waals surface area contributed by atoms with Crippen molar-refractivity contribution < 1.29 is 24.2 Å². The Kier molecular flexibility index (Phi) is 6.06. The molecule has 0 radical (unpaired) electrons. The van der Waals surface area contributed by atoms with Crippen LogP contribution in [0.1, 0.15) is 56.8 Å². The molecule has 2 saturated carbocycles. The molecule has 0 bridgehead atoms. The van der Waals surface area contributed by atoms with E-state index in [4.69, 9.17) is 0 Å². The summed E-state index contributed by atoms with van der Waals surface area (Å²) >= 11 is 1.34. The van der Waals surface area contributed by atoms with Crippen molar-refractivity contribution in [3.63, 3.8) is 0 Å². The van der Waals surface area contributed by atoms with Crippen LogP contribution in [-0.4, -0.2) is 56.2 Å². The Morgan fingerprint density at radius 2 is 2.06 bits per heavy atom. The smallest absolute Gasteiger partial charge is 0.323 e. The highest BCUT2D eigenvalue weighted by atomic mass is 32.2. The number of urea groups is 1. The molecule has 1 aromatic carbocycles. The van der Waals surface area contributed by atoms with Gasteiger partial charge in [-0.25, -0.2) is 14.2 Å². The molecule has 1 spiro atoms. The van der Waals surface area contributed by atoms with E-state index in [1.54, 1.807) is 18.3 Å². The van der Waals surface area contributed by atoms with Gasteiger partial charge in [0.2, 0.25) is 0 Å². The number of nitrogens with zero attached hydrogens (tertiary/aromatic N) is 2. The van der Waals surface area contributed by atoms with E-state index in [0.717, 1.165) is 36.2 Å². The third-order valence-electron chi connectivity index (χ3n) is 7.64. The quantitative estimate of drug-likeness (QED) is 0.592. The highest BCUT2D eigenvalue weighted by Gasteiger charge is 2.78. The van der Waals surface area contributed by atoms with E-state index in [1.165, 1.54) is 24.8 Å². The first-order valence-corrected chi connectivity index (χ1v) is 12.8. The predicted molar refractivity (Wildman–Crippen MR) is 128 cm³/mol. The molecule has 4 unspecified atom stereocenters. The molecule has 3 fully saturated rings. The zero-order valence-corrected chi connectivity index (χ0v) is 20.1. The van der Waals surface area contributed by atoms with Crippen LogP contribution >= 0.6 is 11.8 Å². The molecular formula is C25H30FN3O4S. The summed E-state index contributed by atoms with van der Waals surface area (Å²) in [7, 11) is 0. The van der Waals surface area contributed by atoms with Crippen LogP contribution in [0.15, 0.2) is 34.3 Å². The fraction of sp³-hybridized carbons (Fsp3) is 0.560. The Labute approximate surface area is 202 Å². The summed E-state index contributed by atoms with van der Waals surface area (Å²) in [6.07, 6.45) is 4.15. The number of aliphatic hydroxyl groups excluding tert-OH is 2. The van der Waals surface area contributed by atoms with E-state index in [-0.39, 0.29) is 29.3 Å². The average molecular weight is 488 g/mol. The number of rotatable bonds is 5. The van der Waals surface area contributed by atoms with Crippen molar-refractivity contribution in [1.82, 2.24) is 10.2 Å². The van der Waals surface area contributed by atoms with Gasteiger partial charge in [-0.05, 0) is 56.6 Å². The highest BCUT2D eigenvalue weighted by Crippen LogP contribution is 2.67. The maximum Gasteiger partial charge on any atom is 0.323 e. The van der Waals surface area contributed by atoms with Crippen molar-refractivity contribution in [2.75, 3.05) is 6.54 Å². The van der Waals surface area contributed by atoms with E-state index in [2.05, 4.69) is 17.2 Å². The van der Waals surface area contributed by atoms with Crippen LogP contribution in [0.2, 0.25) is 0 Å². The van der Waals surface area contributed by atoms with Crippen molar-refractivity contribution in [3.05, 3.63) is 46.2 Å². The number of aliphatic hydroxyl groups is 2. The fourth-order valence-electron chi connectivity index (χ4n) is 5.41. The van der Waals surface area contributed by atoms with Crippen LogP contribution in [0.25, 0.3) is 0 Å². The first-order valence-electron chi connectivity index (χ1n) is 12.0. The van der Waals surface area contributed by atoms with Crippen LogP contribution < -0.4 is 5.32 Å². The molecule has 2 aliphatic heterocycles. The first kappa shape index (κ1) is 23.5. The Morgan fingerprint density at radius 1 is 1.35 bits per heavy atom. The van der Waals surface area contributed by atoms with Crippen molar-refractivity contribution in [3.8, 4) is 0 Å². The second-order valence-corrected chi connectivity index (χ2v) is 11.3. The van der Waals surface area contributed by atoms with Gasteiger partial charge in [-0.3, -0.25) is 10.1 Å². The third-order valence-corrected chi connectivity index (χ3v) is 9.21. The van der Waals surface area contributed by atoms with Crippen LogP contribution in [0.4, 0.5) is 9.18 Å². The normalized spacial score (nSPS) is 32.4. The number of amidine groups is 1. The van der Waals surface area contributed by atoms with Crippen molar-refractivity contribution in [2.45, 2.75) is 68.9 Å². The lowest BCUT2D eigenvalue weighted by atomic mass is 9.86. The molecule has 182 valence electrons. The van der Waals surface area contributed by atoms with Gasteiger partial charge in [0.1, 0.15) is 22.5 Å². The lowest BCUT2D eigenvalue weighted by Crippen LogP contribution is -2.53. The first-order chi connectivity index (χ1) is 16.2. The molecule has 34 heavy (non-hydrogen) atoms. The third kappa shape index (κ3) is 3.87. The van der Waals surface area contributed by atoms with Gasteiger partial charge in [0.05, 0.1) is 12.0 Å². The van der Waals surface area contributed by atoms with E-state index in [0.29, 0.717) is 24.7 Å². The van der Waals surface area contributed by atoms with Gasteiger partial charge in [0.15, 0.2) is 5.78 Å². The van der Waals surface area contributed by atoms with Crippen LogP contribution in [0.3, 0.4) is 0 Å². The van der Waals surface area contributed by atoms with Crippen LogP contribution in [0, 0.1) is 17.7 Å². The molecule has 5 rings (SSSR count). The van der Waals surface area contributed by atoms with Crippen molar-refractivity contribution in [2.24, 2.45) is 16.8 Å². The summed E-state index contributed by atoms with van der Waals surface area (Å²) in [6, 6.07) is 4.60. The maximum absolute atomic E-state index is 14.4. The van der Waals surface area contributed by atoms with E-state index in [1.807, 2.05) is 4.90 Å². The summed E-state index contributed by atoms with van der Waals surface area (Å²) in [5, 5.41) is 22.6. The number of Topliss-reactive ketones (excluding diaryl/α,β-unsaturated/α-hetero) is 1. The predicted octanol–water partition coefficient (Wildman–Crippen LogP) is 3.31. The average Bonchev–Trinajstić information content (AvgIpc) is 3.16. The fourth-order valence-corrected chi connectivity index (χ4v) is 6.86. The molecule has 2 aliphatic carbocycles. The molecule has 9 heteroatoms. The number of amides is 2. The van der Waals surface area contributed by atoms with Gasteiger partial charge in [0, 0.05) is 29.3 Å². The van der Waals surface area contributed by atoms with Gasteiger partial charge >= 0.3 is 6.03 Å². The largest absolute Gasteiger partial charge is 0.389 e. The Hall–Kier alpha value is -2.23. The molecule has 7 nitrogen and oxygen atoms in total. The molecule has 2 heterocycles. The second-order valence-electron chi connectivity index (χ2n) is 9.96. The van der Waals surface area contributed by atoms with E-state index < -0.39 is 22.8 Å². The number of carbonyl (C=O) groups is 2. The van der Waals surface area contributed by atoms with E-state index in [9.17, 15) is 24.2 Å². The number of halogens is 1. The number of carbonyl (C=O) groups excluding carboxylic acids is 2. The van der Waals surface area contributed by atoms with Gasteiger partial charge in [-0.1, -0.05) is 19.1 Å². The molecule has 1 saturated heterocycles. The van der Waals surface area contributed by atoms with Gasteiger partial charge in [-0.2, -0.15) is 0 Å². The number of thioether (sulfide) groups is 1. The van der Waals surface area contributed by atoms with Crippen LogP contribution in [0.5, 0.6) is 0 Å². The number of nitrogens with one attached hydrogen (secondary N) is 1. The molecule has 4 aliphatic rings. The zero-order valence-electron chi connectivity index (χ0n) is 19.3. The summed E-state index contributed by atoms with van der Waals surface area (Å²) in [5.41, 5.74) is 1.01. The number of benzene rings is 1. The molecular weight excluding hydrogens is 457 g/mol.